The van der Waals surface area contributed by atoms with E-state index in [4.69, 9.17) is 27.9 Å². The highest BCUT2D eigenvalue weighted by molar-refractivity contribution is 6.31. The summed E-state index contributed by atoms with van der Waals surface area (Å²) < 4.78 is 18.8. The maximum atomic E-state index is 13.0. The normalized spacial score (nSPS) is 25.3. The van der Waals surface area contributed by atoms with Crippen molar-refractivity contribution in [3.63, 3.8) is 0 Å². The van der Waals surface area contributed by atoms with Gasteiger partial charge in [0.05, 0.1) is 5.88 Å². The van der Waals surface area contributed by atoms with E-state index in [2.05, 4.69) is 0 Å². The van der Waals surface area contributed by atoms with Crippen LogP contribution in [0, 0.1) is 5.82 Å². The molecule has 1 aliphatic heterocycles. The highest BCUT2D eigenvalue weighted by Crippen LogP contribution is 2.58. The van der Waals surface area contributed by atoms with Gasteiger partial charge in [0.1, 0.15) is 17.5 Å². The van der Waals surface area contributed by atoms with Gasteiger partial charge in [-0.2, -0.15) is 0 Å². The Hall–Kier alpha value is -1.09. The molecule has 0 amide bonds. The predicted octanol–water partition coefficient (Wildman–Crippen LogP) is 4.68. The first-order valence-electron chi connectivity index (χ1n) is 5.91. The van der Waals surface area contributed by atoms with Crippen LogP contribution in [0.2, 0.25) is 5.02 Å². The summed E-state index contributed by atoms with van der Waals surface area (Å²) in [4.78, 5) is 0. The van der Waals surface area contributed by atoms with E-state index in [0.29, 0.717) is 10.9 Å². The van der Waals surface area contributed by atoms with Gasteiger partial charge in [-0.15, -0.1) is 11.6 Å². The van der Waals surface area contributed by atoms with Crippen molar-refractivity contribution in [1.29, 1.82) is 0 Å². The van der Waals surface area contributed by atoms with Crippen LogP contribution in [-0.4, -0.2) is 5.88 Å². The molecule has 2 atom stereocenters. The van der Waals surface area contributed by atoms with Crippen molar-refractivity contribution >= 4 is 23.2 Å². The van der Waals surface area contributed by atoms with Crippen LogP contribution in [0.25, 0.3) is 0 Å². The molecule has 0 aliphatic carbocycles. The molecule has 0 radical (unpaired) electrons. The molecule has 0 N–H and O–H groups in total. The predicted molar refractivity (Wildman–Crippen MR) is 74.1 cm³/mol. The number of ether oxygens (including phenoxy) is 1. The average Bonchev–Trinajstić information content (AvgIpc) is 3.16. The van der Waals surface area contributed by atoms with E-state index in [-0.39, 0.29) is 11.9 Å². The molecule has 1 heterocycles. The molecule has 0 bridgehead atoms. The maximum absolute atomic E-state index is 13.0. The maximum Gasteiger partial charge on any atom is 0.138 e. The number of hydrogen-bond acceptors (Lipinski definition) is 1. The van der Waals surface area contributed by atoms with Crippen LogP contribution in [-0.2, 0) is 10.3 Å². The largest absolute Gasteiger partial charge is 0.354 e. The molecule has 3 rings (SSSR count). The zero-order chi connectivity index (χ0) is 13.5. The SMILES string of the molecule is Fc1ccc([C@@]2(CCl)O[C@H]2c2ccccc2Cl)cc1. The fraction of sp³-hybridized carbons (Fsp3) is 0.200. The van der Waals surface area contributed by atoms with Gasteiger partial charge >= 0.3 is 0 Å². The first-order chi connectivity index (χ1) is 9.17. The monoisotopic (exact) mass is 296 g/mol. The van der Waals surface area contributed by atoms with Gasteiger partial charge in [-0.1, -0.05) is 41.9 Å². The highest BCUT2D eigenvalue weighted by Gasteiger charge is 2.58. The summed E-state index contributed by atoms with van der Waals surface area (Å²) in [6, 6.07) is 13.8. The lowest BCUT2D eigenvalue weighted by Gasteiger charge is -2.10. The Morgan fingerprint density at radius 1 is 1.11 bits per heavy atom. The summed E-state index contributed by atoms with van der Waals surface area (Å²) >= 11 is 12.2. The van der Waals surface area contributed by atoms with E-state index in [1.165, 1.54) is 12.1 Å². The summed E-state index contributed by atoms with van der Waals surface area (Å²) in [6.07, 6.45) is -0.177. The third kappa shape index (κ3) is 2.14. The van der Waals surface area contributed by atoms with Gasteiger partial charge in [0.15, 0.2) is 0 Å². The van der Waals surface area contributed by atoms with E-state index in [1.807, 2.05) is 24.3 Å². The van der Waals surface area contributed by atoms with E-state index in [1.54, 1.807) is 12.1 Å². The topological polar surface area (TPSA) is 12.5 Å². The molecule has 2 aromatic rings. The van der Waals surface area contributed by atoms with E-state index in [0.717, 1.165) is 11.1 Å². The highest BCUT2D eigenvalue weighted by atomic mass is 35.5. The van der Waals surface area contributed by atoms with Crippen LogP contribution >= 0.6 is 23.2 Å². The van der Waals surface area contributed by atoms with Gasteiger partial charge in [-0.25, -0.2) is 4.39 Å². The average molecular weight is 297 g/mol. The molecule has 0 unspecified atom stereocenters. The molecule has 0 saturated carbocycles. The number of epoxide rings is 1. The quantitative estimate of drug-likeness (QED) is 0.591. The zero-order valence-corrected chi connectivity index (χ0v) is 11.5. The Bertz CT molecular complexity index is 599. The third-order valence-electron chi connectivity index (χ3n) is 3.41. The van der Waals surface area contributed by atoms with E-state index in [9.17, 15) is 4.39 Å². The first kappa shape index (κ1) is 12.9. The molecule has 2 aromatic carbocycles. The standard InChI is InChI=1S/C15H11Cl2FO/c16-9-15(10-5-7-11(18)8-6-10)14(19-15)12-3-1-2-4-13(12)17/h1-8,14H,9H2/t14-,15+/m0/s1. The van der Waals surface area contributed by atoms with E-state index < -0.39 is 5.60 Å². The minimum Gasteiger partial charge on any atom is -0.354 e. The van der Waals surface area contributed by atoms with Crippen LogP contribution in [0.3, 0.4) is 0 Å². The number of hydrogen-bond donors (Lipinski definition) is 0. The second-order valence-electron chi connectivity index (χ2n) is 4.55. The molecule has 1 aliphatic rings. The second kappa shape index (κ2) is 4.78. The van der Waals surface area contributed by atoms with Crippen LogP contribution < -0.4 is 0 Å². The Morgan fingerprint density at radius 2 is 1.79 bits per heavy atom. The molecule has 1 nitrogen and oxygen atoms in total. The lowest BCUT2D eigenvalue weighted by atomic mass is 9.93. The zero-order valence-electron chi connectivity index (χ0n) is 9.95. The molecule has 4 heteroatoms. The van der Waals surface area contributed by atoms with Crippen molar-refractivity contribution in [2.24, 2.45) is 0 Å². The van der Waals surface area contributed by atoms with Crippen LogP contribution in [0.1, 0.15) is 17.2 Å². The van der Waals surface area contributed by atoms with Crippen LogP contribution in [0.5, 0.6) is 0 Å². The fourth-order valence-corrected chi connectivity index (χ4v) is 2.90. The Kier molecular flexibility index (Phi) is 3.25. The van der Waals surface area contributed by atoms with Crippen molar-refractivity contribution in [1.82, 2.24) is 0 Å². The van der Waals surface area contributed by atoms with E-state index >= 15 is 0 Å². The fourth-order valence-electron chi connectivity index (χ4n) is 2.31. The lowest BCUT2D eigenvalue weighted by molar-refractivity contribution is 0.316. The van der Waals surface area contributed by atoms with Gasteiger partial charge in [0.2, 0.25) is 0 Å². The lowest BCUT2D eigenvalue weighted by Crippen LogP contribution is -2.12. The smallest absolute Gasteiger partial charge is 0.138 e. The molecule has 98 valence electrons. The van der Waals surface area contributed by atoms with Crippen molar-refractivity contribution in [2.45, 2.75) is 11.7 Å². The number of rotatable bonds is 3. The van der Waals surface area contributed by atoms with Gasteiger partial charge in [0, 0.05) is 10.6 Å². The summed E-state index contributed by atoms with van der Waals surface area (Å²) in [5.74, 6) is 0.0255. The summed E-state index contributed by atoms with van der Waals surface area (Å²) in [6.45, 7) is 0. The Balaban J connectivity index is 1.96. The molecule has 19 heavy (non-hydrogen) atoms. The van der Waals surface area contributed by atoms with Crippen LogP contribution in [0.15, 0.2) is 48.5 Å². The summed E-state index contributed by atoms with van der Waals surface area (Å²) in [5.41, 5.74) is 1.18. The minimum atomic E-state index is -0.597. The van der Waals surface area contributed by atoms with Gasteiger partial charge < -0.3 is 4.74 Å². The molecular weight excluding hydrogens is 286 g/mol. The van der Waals surface area contributed by atoms with Gasteiger partial charge in [0.25, 0.3) is 0 Å². The van der Waals surface area contributed by atoms with Crippen molar-refractivity contribution in [2.75, 3.05) is 5.88 Å². The molecular formula is C15H11Cl2FO. The van der Waals surface area contributed by atoms with Gasteiger partial charge in [-0.3, -0.25) is 0 Å². The third-order valence-corrected chi connectivity index (χ3v) is 4.15. The number of alkyl halides is 1. The molecule has 0 aromatic heterocycles. The first-order valence-corrected chi connectivity index (χ1v) is 6.83. The summed E-state index contributed by atoms with van der Waals surface area (Å²) in [7, 11) is 0. The van der Waals surface area contributed by atoms with Crippen molar-refractivity contribution in [3.8, 4) is 0 Å². The van der Waals surface area contributed by atoms with Crippen LogP contribution in [0.4, 0.5) is 4.39 Å². The van der Waals surface area contributed by atoms with Crippen molar-refractivity contribution < 1.29 is 9.13 Å². The van der Waals surface area contributed by atoms with Crippen molar-refractivity contribution in [3.05, 3.63) is 70.5 Å². The Morgan fingerprint density at radius 3 is 2.42 bits per heavy atom. The summed E-state index contributed by atoms with van der Waals surface area (Å²) in [5, 5.41) is 0.654. The molecule has 0 spiro atoms. The molecule has 1 saturated heterocycles. The number of benzene rings is 2. The minimum absolute atomic E-state index is 0.177. The second-order valence-corrected chi connectivity index (χ2v) is 5.22. The molecule has 1 fully saturated rings. The number of halogens is 3. The van der Waals surface area contributed by atoms with Gasteiger partial charge in [-0.05, 0) is 23.8 Å². The Labute approximate surface area is 120 Å².